The molecule has 4 unspecified atom stereocenters. The Kier molecular flexibility index (Phi) is 6.05. The first kappa shape index (κ1) is 26.8. The second kappa shape index (κ2) is 8.80. The van der Waals surface area contributed by atoms with E-state index in [1.165, 1.54) is 17.7 Å². The standard InChI is InChI=1S/C29H35FN2O6S/c1-27-13-17-15-31-32(20-7-5-19(30)6-8-20)23(17)12-18(27)4-9-21-22-10-11-29(35,25(34)16-38-39(3,36)37)28(22,2)14-24(33)26(21)27/h5-8,12,15,21-22,24,26,33,35H,4,9-11,13-14,16H2,1-3H3/t21?,22?,24?,26?,27-,28-,29-/m0/s1. The molecule has 1 aromatic carbocycles. The number of hydrogen-bond donors (Lipinski definition) is 2. The fourth-order valence-electron chi connectivity index (χ4n) is 8.72. The lowest BCUT2D eigenvalue weighted by atomic mass is 9.45. The fourth-order valence-corrected chi connectivity index (χ4v) is 9.04. The maximum Gasteiger partial charge on any atom is 0.264 e. The van der Waals surface area contributed by atoms with Gasteiger partial charge in [-0.2, -0.15) is 13.5 Å². The van der Waals surface area contributed by atoms with E-state index in [1.54, 1.807) is 12.1 Å². The average molecular weight is 559 g/mol. The smallest absolute Gasteiger partial charge is 0.264 e. The lowest BCUT2D eigenvalue weighted by Gasteiger charge is -2.60. The molecule has 6 rings (SSSR count). The molecule has 0 saturated heterocycles. The van der Waals surface area contributed by atoms with Crippen LogP contribution in [0, 0.1) is 34.4 Å². The summed E-state index contributed by atoms with van der Waals surface area (Å²) in [6, 6.07) is 6.26. The van der Waals surface area contributed by atoms with Crippen LogP contribution in [-0.2, 0) is 25.5 Å². The number of fused-ring (bicyclic) bond motifs is 6. The number of benzene rings is 1. The van der Waals surface area contributed by atoms with E-state index in [2.05, 4.69) is 18.1 Å². The van der Waals surface area contributed by atoms with E-state index >= 15 is 0 Å². The van der Waals surface area contributed by atoms with Crippen LogP contribution in [0.5, 0.6) is 0 Å². The molecule has 2 aromatic rings. The summed E-state index contributed by atoms with van der Waals surface area (Å²) >= 11 is 0. The van der Waals surface area contributed by atoms with Gasteiger partial charge in [0.1, 0.15) is 18.0 Å². The maximum atomic E-state index is 13.5. The molecule has 0 bridgehead atoms. The molecular weight excluding hydrogens is 523 g/mol. The van der Waals surface area contributed by atoms with Crippen molar-refractivity contribution in [2.75, 3.05) is 12.9 Å². The number of halogens is 1. The van der Waals surface area contributed by atoms with Crippen molar-refractivity contribution >= 4 is 22.0 Å². The van der Waals surface area contributed by atoms with Crippen LogP contribution in [0.2, 0.25) is 0 Å². The number of carbonyl (C=O) groups is 1. The molecule has 8 nitrogen and oxygen atoms in total. The van der Waals surface area contributed by atoms with E-state index in [0.29, 0.717) is 12.8 Å². The van der Waals surface area contributed by atoms with E-state index in [1.807, 2.05) is 17.8 Å². The summed E-state index contributed by atoms with van der Waals surface area (Å²) in [4.78, 5) is 13.1. The minimum absolute atomic E-state index is 0.0137. The van der Waals surface area contributed by atoms with Crippen molar-refractivity contribution in [3.05, 3.63) is 53.1 Å². The fraction of sp³-hybridized carbons (Fsp3) is 0.586. The summed E-state index contributed by atoms with van der Waals surface area (Å²) in [7, 11) is -3.83. The normalized spacial score (nSPS) is 37.3. The molecule has 210 valence electrons. The second-order valence-corrected chi connectivity index (χ2v) is 14.2. The van der Waals surface area contributed by atoms with Crippen molar-refractivity contribution in [1.29, 1.82) is 0 Å². The first-order chi connectivity index (χ1) is 18.3. The molecule has 0 radical (unpaired) electrons. The summed E-state index contributed by atoms with van der Waals surface area (Å²) in [5.74, 6) is -0.873. The number of carbonyl (C=O) groups excluding carboxylic acids is 1. The summed E-state index contributed by atoms with van der Waals surface area (Å²) < 4.78 is 43.1. The second-order valence-electron chi connectivity index (χ2n) is 12.5. The number of nitrogens with zero attached hydrogens (tertiary/aromatic N) is 2. The molecule has 39 heavy (non-hydrogen) atoms. The first-order valence-electron chi connectivity index (χ1n) is 13.6. The molecular formula is C29H35FN2O6S. The molecule has 4 aliphatic carbocycles. The van der Waals surface area contributed by atoms with Crippen molar-refractivity contribution < 1.29 is 32.0 Å². The van der Waals surface area contributed by atoms with Crippen molar-refractivity contribution in [2.45, 2.75) is 64.1 Å². The van der Waals surface area contributed by atoms with Crippen LogP contribution in [0.25, 0.3) is 11.8 Å². The lowest BCUT2D eigenvalue weighted by Crippen LogP contribution is -2.62. The van der Waals surface area contributed by atoms with Gasteiger partial charge in [0.25, 0.3) is 10.1 Å². The molecule has 2 N–H and O–H groups in total. The number of aromatic nitrogens is 2. The zero-order valence-corrected chi connectivity index (χ0v) is 23.2. The Labute approximate surface area is 228 Å². The van der Waals surface area contributed by atoms with E-state index in [9.17, 15) is 27.8 Å². The lowest BCUT2D eigenvalue weighted by molar-refractivity contribution is -0.180. The molecule has 0 amide bonds. The number of rotatable bonds is 5. The predicted octanol–water partition coefficient (Wildman–Crippen LogP) is 3.44. The van der Waals surface area contributed by atoms with Crippen molar-refractivity contribution in [3.63, 3.8) is 0 Å². The quantitative estimate of drug-likeness (QED) is 0.540. The third-order valence-electron chi connectivity index (χ3n) is 10.5. The highest BCUT2D eigenvalue weighted by Gasteiger charge is 2.68. The number of Topliss-reactive ketones (excluding diaryl/α,β-unsaturated/α-hetero) is 1. The third kappa shape index (κ3) is 3.97. The molecule has 0 aliphatic heterocycles. The third-order valence-corrected chi connectivity index (χ3v) is 11.1. The summed E-state index contributed by atoms with van der Waals surface area (Å²) in [6.07, 6.45) is 7.66. The molecule has 7 atom stereocenters. The summed E-state index contributed by atoms with van der Waals surface area (Å²) in [5.41, 5.74) is 1.16. The molecule has 1 heterocycles. The number of allylic oxidation sites excluding steroid dienone is 1. The van der Waals surface area contributed by atoms with Crippen molar-refractivity contribution in [2.24, 2.45) is 28.6 Å². The minimum atomic E-state index is -3.83. The molecule has 0 spiro atoms. The van der Waals surface area contributed by atoms with Gasteiger partial charge in [-0.3, -0.25) is 8.98 Å². The Balaban J connectivity index is 1.31. The number of aliphatic hydroxyl groups is 2. The summed E-state index contributed by atoms with van der Waals surface area (Å²) in [5, 5.41) is 28.0. The van der Waals surface area contributed by atoms with Gasteiger partial charge in [-0.25, -0.2) is 9.07 Å². The van der Waals surface area contributed by atoms with Gasteiger partial charge in [0, 0.05) is 5.41 Å². The zero-order chi connectivity index (χ0) is 28.0. The molecule has 3 saturated carbocycles. The van der Waals surface area contributed by atoms with Crippen LogP contribution < -0.4 is 0 Å². The average Bonchev–Trinajstić information content (AvgIpc) is 3.38. The van der Waals surface area contributed by atoms with Gasteiger partial charge in [-0.1, -0.05) is 19.4 Å². The zero-order valence-electron chi connectivity index (χ0n) is 22.4. The molecule has 10 heteroatoms. The van der Waals surface area contributed by atoms with Gasteiger partial charge in [-0.05, 0) is 97.6 Å². The number of hydrogen-bond acceptors (Lipinski definition) is 7. The maximum absolute atomic E-state index is 13.5. The van der Waals surface area contributed by atoms with Gasteiger partial charge >= 0.3 is 0 Å². The van der Waals surface area contributed by atoms with Crippen LogP contribution in [0.3, 0.4) is 0 Å². The predicted molar refractivity (Wildman–Crippen MR) is 142 cm³/mol. The Morgan fingerprint density at radius 1 is 1.23 bits per heavy atom. The van der Waals surface area contributed by atoms with Crippen molar-refractivity contribution in [1.82, 2.24) is 9.78 Å². The highest BCUT2D eigenvalue weighted by atomic mass is 32.2. The van der Waals surface area contributed by atoms with E-state index < -0.39 is 39.6 Å². The highest BCUT2D eigenvalue weighted by molar-refractivity contribution is 7.86. The number of aliphatic hydroxyl groups excluding tert-OH is 1. The van der Waals surface area contributed by atoms with E-state index in [-0.39, 0.29) is 41.8 Å². The monoisotopic (exact) mass is 558 g/mol. The Bertz CT molecular complexity index is 1470. The number of ketones is 1. The Morgan fingerprint density at radius 2 is 1.95 bits per heavy atom. The Morgan fingerprint density at radius 3 is 2.64 bits per heavy atom. The van der Waals surface area contributed by atoms with Crippen molar-refractivity contribution in [3.8, 4) is 5.69 Å². The van der Waals surface area contributed by atoms with Gasteiger partial charge in [0.2, 0.25) is 0 Å². The van der Waals surface area contributed by atoms with Gasteiger partial charge in [-0.15, -0.1) is 0 Å². The minimum Gasteiger partial charge on any atom is -0.393 e. The first-order valence-corrected chi connectivity index (χ1v) is 15.4. The van der Waals surface area contributed by atoms with Gasteiger partial charge < -0.3 is 10.2 Å². The van der Waals surface area contributed by atoms with Crippen LogP contribution in [0.1, 0.15) is 57.2 Å². The van der Waals surface area contributed by atoms with E-state index in [0.717, 1.165) is 36.0 Å². The highest BCUT2D eigenvalue weighted by Crippen LogP contribution is 2.67. The SMILES string of the molecule is C[C@]12Cc3cnn(-c4ccc(F)cc4)c3C=C1CCC1C2C(O)C[C@@]2(C)C1CC[C@]2(O)C(=O)COS(C)(=O)=O. The summed E-state index contributed by atoms with van der Waals surface area (Å²) in [6.45, 7) is 3.39. The van der Waals surface area contributed by atoms with Gasteiger partial charge in [0.05, 0.1) is 29.9 Å². The van der Waals surface area contributed by atoms with Gasteiger partial charge in [0.15, 0.2) is 5.78 Å². The Hall–Kier alpha value is -2.40. The molecule has 1 aromatic heterocycles. The van der Waals surface area contributed by atoms with Crippen LogP contribution >= 0.6 is 0 Å². The van der Waals surface area contributed by atoms with E-state index in [4.69, 9.17) is 4.18 Å². The largest absolute Gasteiger partial charge is 0.393 e. The molecule has 3 fully saturated rings. The van der Waals surface area contributed by atoms with Crippen LogP contribution in [0.4, 0.5) is 4.39 Å². The topological polar surface area (TPSA) is 119 Å². The van der Waals surface area contributed by atoms with Crippen LogP contribution in [0.15, 0.2) is 36.0 Å². The van der Waals surface area contributed by atoms with Crippen LogP contribution in [-0.4, -0.2) is 58.8 Å². The molecule has 4 aliphatic rings.